The van der Waals surface area contributed by atoms with Crippen LogP contribution in [-0.2, 0) is 20.0 Å². The second kappa shape index (κ2) is 23.2. The third kappa shape index (κ3) is 12.2. The molecule has 4 aromatic heterocycles. The number of aromatic amines is 1. The second-order valence-electron chi connectivity index (χ2n) is 23.8. The van der Waals surface area contributed by atoms with Crippen LogP contribution in [0.15, 0.2) is 72.3 Å². The summed E-state index contributed by atoms with van der Waals surface area (Å²) < 4.78 is 46.8. The molecule has 0 saturated carbocycles. The van der Waals surface area contributed by atoms with Gasteiger partial charge in [0, 0.05) is 149 Å². The summed E-state index contributed by atoms with van der Waals surface area (Å²) in [4.78, 5) is 64.1. The fourth-order valence-corrected chi connectivity index (χ4v) is 12.6. The third-order valence-corrected chi connectivity index (χ3v) is 19.0. The Labute approximate surface area is 473 Å². The Morgan fingerprint density at radius 3 is 2.33 bits per heavy atom. The van der Waals surface area contributed by atoms with Crippen LogP contribution in [0.2, 0.25) is 0 Å². The lowest BCUT2D eigenvalue weighted by Crippen LogP contribution is -2.63. The number of benzene rings is 2. The summed E-state index contributed by atoms with van der Waals surface area (Å²) in [6, 6.07) is 11.3. The van der Waals surface area contributed by atoms with Crippen molar-refractivity contribution in [1.29, 1.82) is 0 Å². The van der Waals surface area contributed by atoms with Gasteiger partial charge in [-0.15, -0.1) is 0 Å². The van der Waals surface area contributed by atoms with Gasteiger partial charge in [-0.05, 0) is 84.7 Å². The Morgan fingerprint density at radius 1 is 0.901 bits per heavy atom. The standard InChI is InChI=1S/C58H76FN15O6S/c1-36-30-73(33-50(75)74-34-58(8,9)52-47(74)23-41(26-61-52)51(76)40-11-13-43(59)14-12-40)44(29-60-36)32-71-20-21-72(31-37(71)2)56-62-27-42(28-63-56)55(77)70-18-16-69(17-19-70)15-10-22-80-48-25-46-45(24-49(48)81(78,79)57(5,6)7)54(65-35-64-46)66-53-38(3)39(4)67-68-53/h11-14,23-28,35-37,44,51,60,76H,10,15-22,29-34H2,1-9H3,(H2,64,65,66,67,68)/t36-,37-,44-,51?/m1/s1. The van der Waals surface area contributed by atoms with Gasteiger partial charge in [0.25, 0.3) is 5.91 Å². The number of carbonyl (C=O) groups excluding carboxylic acids is 2. The molecule has 10 rings (SSSR count). The summed E-state index contributed by atoms with van der Waals surface area (Å²) >= 11 is 0. The number of hydrogen-bond acceptors (Lipinski definition) is 18. The van der Waals surface area contributed by atoms with E-state index in [1.807, 2.05) is 29.7 Å². The first-order chi connectivity index (χ1) is 38.5. The van der Waals surface area contributed by atoms with Crippen molar-refractivity contribution in [1.82, 2.24) is 60.0 Å². The molecule has 0 bridgehead atoms. The van der Waals surface area contributed by atoms with Crippen LogP contribution >= 0.6 is 0 Å². The van der Waals surface area contributed by atoms with Gasteiger partial charge in [0.05, 0.1) is 40.4 Å². The van der Waals surface area contributed by atoms with Crippen molar-refractivity contribution in [2.24, 2.45) is 0 Å². The van der Waals surface area contributed by atoms with Crippen LogP contribution in [0.3, 0.4) is 0 Å². The number of aliphatic hydroxyl groups is 1. The molecule has 0 spiro atoms. The van der Waals surface area contributed by atoms with Crippen LogP contribution in [0.4, 0.5) is 27.7 Å². The normalized spacial score (nSPS) is 20.6. The van der Waals surface area contributed by atoms with Crippen LogP contribution < -0.4 is 25.2 Å². The van der Waals surface area contributed by atoms with Gasteiger partial charge in [-0.3, -0.25) is 34.4 Å². The van der Waals surface area contributed by atoms with Gasteiger partial charge in [-0.2, -0.15) is 5.10 Å². The van der Waals surface area contributed by atoms with E-state index < -0.39 is 20.7 Å². The molecular weight excluding hydrogens is 1050 g/mol. The largest absolute Gasteiger partial charge is 0.492 e. The number of piperazine rings is 3. The van der Waals surface area contributed by atoms with Crippen molar-refractivity contribution in [3.8, 4) is 5.75 Å². The zero-order chi connectivity index (χ0) is 57.5. The molecule has 23 heteroatoms. The lowest BCUT2D eigenvalue weighted by atomic mass is 9.90. The number of aromatic nitrogens is 7. The molecule has 1 unspecified atom stereocenters. The number of halogens is 1. The first-order valence-electron chi connectivity index (χ1n) is 28.0. The highest BCUT2D eigenvalue weighted by atomic mass is 32.2. The molecule has 2 aromatic carbocycles. The van der Waals surface area contributed by atoms with Crippen LogP contribution in [0.25, 0.3) is 10.9 Å². The number of nitrogens with one attached hydrogen (secondary N) is 3. The lowest BCUT2D eigenvalue weighted by molar-refractivity contribution is -0.120. The molecule has 2 amide bonds. The quantitative estimate of drug-likeness (QED) is 0.0887. The molecule has 6 aromatic rings. The van der Waals surface area contributed by atoms with E-state index in [0.29, 0.717) is 110 Å². The highest BCUT2D eigenvalue weighted by Gasteiger charge is 2.42. The number of rotatable bonds is 16. The average Bonchev–Trinajstić information content (AvgIpc) is 4.13. The number of sulfone groups is 1. The van der Waals surface area contributed by atoms with E-state index in [0.717, 1.165) is 43.1 Å². The number of carbonyl (C=O) groups is 2. The molecule has 3 saturated heterocycles. The SMILES string of the molecule is Cc1[nH]nc(Nc2ncnc3cc(OCCCN4CCN(C(=O)c5cnc(N6CCN(C[C@H]7CN[C@H](C)CN7CC(=O)N7CC(C)(C)c8ncc(C(O)c9ccc(F)cc9)cc87)[C@H](C)C6)nc5)CC4)c(S(=O)(=O)C(C)(C)C)cc23)c1C. The monoisotopic (exact) mass is 1130 g/mol. The molecule has 0 radical (unpaired) electrons. The zero-order valence-electron chi connectivity index (χ0n) is 47.9. The number of aliphatic hydroxyl groups excluding tert-OH is 1. The Bertz CT molecular complexity index is 3370. The third-order valence-electron chi connectivity index (χ3n) is 16.4. The second-order valence-corrected chi connectivity index (χ2v) is 26.5. The number of hydrogen-bond donors (Lipinski definition) is 4. The van der Waals surface area contributed by atoms with E-state index in [4.69, 9.17) is 19.7 Å². The van der Waals surface area contributed by atoms with E-state index in [2.05, 4.69) is 78.1 Å². The minimum absolute atomic E-state index is 0.0163. The molecule has 4 atom stereocenters. The van der Waals surface area contributed by atoms with E-state index in [-0.39, 0.29) is 65.0 Å². The van der Waals surface area contributed by atoms with Crippen molar-refractivity contribution in [2.75, 3.05) is 107 Å². The molecule has 21 nitrogen and oxygen atoms in total. The number of anilines is 4. The van der Waals surface area contributed by atoms with Gasteiger partial charge >= 0.3 is 0 Å². The Kier molecular flexibility index (Phi) is 16.5. The van der Waals surface area contributed by atoms with Gasteiger partial charge in [-0.25, -0.2) is 32.7 Å². The first-order valence-corrected chi connectivity index (χ1v) is 29.5. The summed E-state index contributed by atoms with van der Waals surface area (Å²) in [6.07, 6.45) is 5.96. The molecule has 8 heterocycles. The maximum Gasteiger partial charge on any atom is 0.257 e. The van der Waals surface area contributed by atoms with E-state index in [1.54, 1.807) is 63.6 Å². The van der Waals surface area contributed by atoms with Gasteiger partial charge in [0.15, 0.2) is 15.7 Å². The van der Waals surface area contributed by atoms with Crippen molar-refractivity contribution < 1.29 is 32.2 Å². The number of H-pyrrole nitrogens is 1. The van der Waals surface area contributed by atoms with Crippen LogP contribution in [0.1, 0.15) is 99.4 Å². The van der Waals surface area contributed by atoms with Gasteiger partial charge in [0.1, 0.15) is 34.7 Å². The maximum absolute atomic E-state index is 14.4. The number of ether oxygens (including phenoxy) is 1. The fourth-order valence-electron chi connectivity index (χ4n) is 11.3. The highest BCUT2D eigenvalue weighted by Crippen LogP contribution is 2.42. The van der Waals surface area contributed by atoms with Gasteiger partial charge in [0.2, 0.25) is 11.9 Å². The molecule has 4 aliphatic heterocycles. The minimum Gasteiger partial charge on any atom is -0.492 e. The summed E-state index contributed by atoms with van der Waals surface area (Å²) in [5.41, 5.74) is 5.02. The lowest BCUT2D eigenvalue weighted by Gasteiger charge is -2.45. The van der Waals surface area contributed by atoms with E-state index in [9.17, 15) is 27.5 Å². The first kappa shape index (κ1) is 57.5. The number of nitrogens with zero attached hydrogens (tertiary/aromatic N) is 12. The summed E-state index contributed by atoms with van der Waals surface area (Å²) in [6.45, 7) is 25.9. The molecule has 0 aliphatic carbocycles. The Hall–Kier alpha value is -6.76. The van der Waals surface area contributed by atoms with Crippen LogP contribution in [0.5, 0.6) is 5.75 Å². The highest BCUT2D eigenvalue weighted by molar-refractivity contribution is 7.92. The summed E-state index contributed by atoms with van der Waals surface area (Å²) in [5, 5.41) is 25.9. The maximum atomic E-state index is 14.4. The van der Waals surface area contributed by atoms with E-state index in [1.165, 1.54) is 18.5 Å². The number of aryl methyl sites for hydroxylation is 1. The van der Waals surface area contributed by atoms with Crippen molar-refractivity contribution in [3.05, 3.63) is 107 Å². The van der Waals surface area contributed by atoms with Crippen LogP contribution in [0, 0.1) is 19.7 Å². The summed E-state index contributed by atoms with van der Waals surface area (Å²) in [5.74, 6) is 1.34. The Morgan fingerprint density at radius 2 is 1.64 bits per heavy atom. The number of amides is 2. The predicted octanol–water partition coefficient (Wildman–Crippen LogP) is 5.42. The fraction of sp³-hybridized carbons (Fsp3) is 0.517. The zero-order valence-corrected chi connectivity index (χ0v) is 48.7. The predicted molar refractivity (Wildman–Crippen MR) is 308 cm³/mol. The molecule has 81 heavy (non-hydrogen) atoms. The topological polar surface area (TPSA) is 234 Å². The van der Waals surface area contributed by atoms with Crippen molar-refractivity contribution in [2.45, 2.75) is 108 Å². The number of pyridine rings is 1. The average molecular weight is 1130 g/mol. The Balaban J connectivity index is 0.696. The number of fused-ring (bicyclic) bond motifs is 2. The summed E-state index contributed by atoms with van der Waals surface area (Å²) in [7, 11) is -3.84. The molecule has 4 aliphatic rings. The van der Waals surface area contributed by atoms with E-state index >= 15 is 0 Å². The molecule has 3 fully saturated rings. The van der Waals surface area contributed by atoms with Gasteiger partial charge in [-0.1, -0.05) is 26.0 Å². The molecular formula is C58H76FN15O6S. The minimum atomic E-state index is -3.84. The van der Waals surface area contributed by atoms with Crippen molar-refractivity contribution >= 4 is 55.8 Å². The molecule has 432 valence electrons. The smallest absolute Gasteiger partial charge is 0.257 e. The van der Waals surface area contributed by atoms with Gasteiger partial charge < -0.3 is 35.2 Å². The molecule has 4 N–H and O–H groups in total. The van der Waals surface area contributed by atoms with Crippen molar-refractivity contribution in [3.63, 3.8) is 0 Å². The van der Waals surface area contributed by atoms with Crippen LogP contribution in [-0.4, -0.2) is 195 Å².